The van der Waals surface area contributed by atoms with Crippen molar-refractivity contribution in [3.05, 3.63) is 47.3 Å². The highest BCUT2D eigenvalue weighted by atomic mass is 16.5. The van der Waals surface area contributed by atoms with Gasteiger partial charge in [-0.05, 0) is 36.8 Å². The molecule has 2 unspecified atom stereocenters. The molecular formula is C18H19N3O6. The number of aromatic nitrogens is 2. The number of rotatable bonds is 6. The first-order valence-corrected chi connectivity index (χ1v) is 8.39. The molecule has 9 heteroatoms. The normalized spacial score (nSPS) is 19.3. The van der Waals surface area contributed by atoms with Crippen molar-refractivity contribution in [2.75, 3.05) is 13.2 Å². The molecule has 0 radical (unpaired) electrons. The molecule has 0 aliphatic carbocycles. The van der Waals surface area contributed by atoms with Crippen molar-refractivity contribution in [3.63, 3.8) is 0 Å². The van der Waals surface area contributed by atoms with E-state index in [2.05, 4.69) is 15.5 Å². The Morgan fingerprint density at radius 2 is 2.04 bits per heavy atom. The first-order chi connectivity index (χ1) is 12.9. The number of hydrogen-bond donors (Lipinski definition) is 3. The van der Waals surface area contributed by atoms with Crippen LogP contribution in [0.4, 0.5) is 0 Å². The molecule has 3 N–H and O–H groups in total. The molecule has 27 heavy (non-hydrogen) atoms. The maximum absolute atomic E-state index is 12.4. The first-order valence-electron chi connectivity index (χ1n) is 8.39. The highest BCUT2D eigenvalue weighted by Gasteiger charge is 2.30. The first kappa shape index (κ1) is 18.6. The van der Waals surface area contributed by atoms with E-state index in [1.165, 1.54) is 25.1 Å². The smallest absolute Gasteiger partial charge is 0.335 e. The van der Waals surface area contributed by atoms with Crippen molar-refractivity contribution in [1.82, 2.24) is 15.5 Å². The number of benzene rings is 1. The molecule has 1 aromatic heterocycles. The van der Waals surface area contributed by atoms with Crippen molar-refractivity contribution in [2.45, 2.75) is 25.5 Å². The number of ether oxygens (including phenoxy) is 2. The molecule has 1 aliphatic heterocycles. The maximum Gasteiger partial charge on any atom is 0.335 e. The Hall–Kier alpha value is -3.20. The third-order valence-electron chi connectivity index (χ3n) is 4.19. The van der Waals surface area contributed by atoms with Gasteiger partial charge in [0.25, 0.3) is 5.91 Å². The fraction of sp³-hybridized carbons (Fsp3) is 0.333. The molecule has 3 rings (SSSR count). The zero-order chi connectivity index (χ0) is 19.4. The van der Waals surface area contributed by atoms with Gasteiger partial charge in [0.05, 0.1) is 18.2 Å². The number of Topliss-reactive ketones (excluding diaryl/α,β-unsaturated/α-hetero) is 1. The van der Waals surface area contributed by atoms with Gasteiger partial charge in [0, 0.05) is 13.5 Å². The summed E-state index contributed by atoms with van der Waals surface area (Å²) in [7, 11) is 0. The third-order valence-corrected chi connectivity index (χ3v) is 4.19. The number of carbonyl (C=O) groups excluding carboxylic acids is 2. The Bertz CT molecular complexity index is 845. The molecule has 1 fully saturated rings. The minimum absolute atomic E-state index is 0.160. The highest BCUT2D eigenvalue weighted by molar-refractivity contribution is 5.97. The summed E-state index contributed by atoms with van der Waals surface area (Å²) in [5, 5.41) is 18.2. The lowest BCUT2D eigenvalue weighted by Gasteiger charge is -2.32. The predicted octanol–water partition coefficient (Wildman–Crippen LogP) is 1.28. The molecule has 0 bridgehead atoms. The van der Waals surface area contributed by atoms with E-state index >= 15 is 0 Å². The van der Waals surface area contributed by atoms with E-state index < -0.39 is 18.0 Å². The number of hydrogen-bond acceptors (Lipinski definition) is 6. The summed E-state index contributed by atoms with van der Waals surface area (Å²) < 4.78 is 11.3. The van der Waals surface area contributed by atoms with Crippen LogP contribution in [0.3, 0.4) is 0 Å². The number of nitrogens with one attached hydrogen (secondary N) is 2. The van der Waals surface area contributed by atoms with Crippen molar-refractivity contribution in [1.29, 1.82) is 0 Å². The van der Waals surface area contributed by atoms with Gasteiger partial charge in [-0.25, -0.2) is 4.79 Å². The average molecular weight is 373 g/mol. The van der Waals surface area contributed by atoms with E-state index in [0.717, 1.165) is 0 Å². The number of carboxylic acid groups (broad SMARTS) is 1. The summed E-state index contributed by atoms with van der Waals surface area (Å²) in [5.41, 5.74) is 0.544. The molecule has 142 valence electrons. The summed E-state index contributed by atoms with van der Waals surface area (Å²) in [6.07, 6.45) is 0.116. The average Bonchev–Trinajstić information content (AvgIpc) is 3.14. The Morgan fingerprint density at radius 1 is 1.30 bits per heavy atom. The number of aromatic amines is 1. The van der Waals surface area contributed by atoms with Crippen LogP contribution in [0.15, 0.2) is 30.3 Å². The fourth-order valence-electron chi connectivity index (χ4n) is 2.71. The van der Waals surface area contributed by atoms with Crippen molar-refractivity contribution < 1.29 is 29.0 Å². The Morgan fingerprint density at radius 3 is 2.67 bits per heavy atom. The summed E-state index contributed by atoms with van der Waals surface area (Å²) >= 11 is 0. The lowest BCUT2D eigenvalue weighted by molar-refractivity contribution is -0.0135. The zero-order valence-electron chi connectivity index (χ0n) is 14.6. The van der Waals surface area contributed by atoms with Gasteiger partial charge in [-0.1, -0.05) is 0 Å². The van der Waals surface area contributed by atoms with E-state index in [0.29, 0.717) is 18.8 Å². The quantitative estimate of drug-likeness (QED) is 0.650. The lowest BCUT2D eigenvalue weighted by atomic mass is 10.1. The van der Waals surface area contributed by atoms with Gasteiger partial charge in [0.2, 0.25) is 0 Å². The van der Waals surface area contributed by atoms with Crippen LogP contribution in [-0.2, 0) is 4.74 Å². The molecule has 2 aromatic rings. The van der Waals surface area contributed by atoms with Crippen LogP contribution in [0.1, 0.15) is 44.7 Å². The molecule has 1 saturated heterocycles. The van der Waals surface area contributed by atoms with Gasteiger partial charge < -0.3 is 19.9 Å². The number of carbonyl (C=O) groups is 3. The molecule has 0 spiro atoms. The van der Waals surface area contributed by atoms with Crippen LogP contribution in [0.5, 0.6) is 5.75 Å². The van der Waals surface area contributed by atoms with E-state index in [-0.39, 0.29) is 35.4 Å². The lowest BCUT2D eigenvalue weighted by Crippen LogP contribution is -2.51. The second-order valence-corrected chi connectivity index (χ2v) is 6.15. The van der Waals surface area contributed by atoms with Gasteiger partial charge in [0.15, 0.2) is 5.78 Å². The Labute approximate surface area is 154 Å². The van der Waals surface area contributed by atoms with Crippen LogP contribution in [0.25, 0.3) is 0 Å². The number of ketones is 1. The molecular weight excluding hydrogens is 354 g/mol. The van der Waals surface area contributed by atoms with Crippen LogP contribution < -0.4 is 10.1 Å². The topological polar surface area (TPSA) is 131 Å². The monoisotopic (exact) mass is 373 g/mol. The largest absolute Gasteiger partial charge is 0.486 e. The van der Waals surface area contributed by atoms with Gasteiger partial charge in [-0.3, -0.25) is 14.7 Å². The SMILES string of the molecule is CC(=O)c1cc(C(=O)NC2CCOCC2Oc2ccc(C(=O)O)cc2)[nH]n1. The van der Waals surface area contributed by atoms with Crippen LogP contribution in [0.2, 0.25) is 0 Å². The van der Waals surface area contributed by atoms with Gasteiger partial charge >= 0.3 is 5.97 Å². The predicted molar refractivity (Wildman–Crippen MR) is 93.1 cm³/mol. The van der Waals surface area contributed by atoms with E-state index in [1.807, 2.05) is 0 Å². The molecule has 0 saturated carbocycles. The number of aromatic carboxylic acids is 1. The minimum Gasteiger partial charge on any atom is -0.486 e. The number of nitrogens with zero attached hydrogens (tertiary/aromatic N) is 1. The number of H-pyrrole nitrogens is 1. The summed E-state index contributed by atoms with van der Waals surface area (Å²) in [5.74, 6) is -1.16. The van der Waals surface area contributed by atoms with Crippen molar-refractivity contribution >= 4 is 17.7 Å². The molecule has 1 aromatic carbocycles. The van der Waals surface area contributed by atoms with Crippen molar-refractivity contribution in [3.8, 4) is 5.75 Å². The van der Waals surface area contributed by atoms with Crippen LogP contribution in [-0.4, -0.2) is 58.3 Å². The van der Waals surface area contributed by atoms with Gasteiger partial charge in [0.1, 0.15) is 23.2 Å². The second-order valence-electron chi connectivity index (χ2n) is 6.15. The molecule has 1 aliphatic rings. The number of carboxylic acids is 1. The standard InChI is InChI=1S/C18H19N3O6/c1-10(22)14-8-15(21-20-14)17(23)19-13-6-7-26-9-16(13)27-12-4-2-11(3-5-12)18(24)25/h2-5,8,13,16H,6-7,9H2,1H3,(H,19,23)(H,20,21)(H,24,25). The summed E-state index contributed by atoms with van der Waals surface area (Å²) in [6, 6.07) is 7.11. The van der Waals surface area contributed by atoms with E-state index in [1.54, 1.807) is 12.1 Å². The van der Waals surface area contributed by atoms with Gasteiger partial charge in [-0.15, -0.1) is 0 Å². The molecule has 2 atom stereocenters. The van der Waals surface area contributed by atoms with Crippen molar-refractivity contribution in [2.24, 2.45) is 0 Å². The highest BCUT2D eigenvalue weighted by Crippen LogP contribution is 2.19. The van der Waals surface area contributed by atoms with Crippen LogP contribution >= 0.6 is 0 Å². The van der Waals surface area contributed by atoms with Gasteiger partial charge in [-0.2, -0.15) is 5.10 Å². The Balaban J connectivity index is 1.66. The van der Waals surface area contributed by atoms with Crippen LogP contribution in [0, 0.1) is 0 Å². The number of amides is 1. The zero-order valence-corrected chi connectivity index (χ0v) is 14.6. The molecule has 1 amide bonds. The molecule has 9 nitrogen and oxygen atoms in total. The second kappa shape index (κ2) is 8.00. The fourth-order valence-corrected chi connectivity index (χ4v) is 2.71. The summed E-state index contributed by atoms with van der Waals surface area (Å²) in [4.78, 5) is 34.6. The van der Waals surface area contributed by atoms with E-state index in [9.17, 15) is 14.4 Å². The third kappa shape index (κ3) is 4.50. The maximum atomic E-state index is 12.4. The van der Waals surface area contributed by atoms with E-state index in [4.69, 9.17) is 14.6 Å². The Kier molecular flexibility index (Phi) is 5.51. The minimum atomic E-state index is -1.02. The molecule has 2 heterocycles. The summed E-state index contributed by atoms with van der Waals surface area (Å²) in [6.45, 7) is 2.13.